The number of hydrogen-bond donors (Lipinski definition) is 1. The second-order valence-electron chi connectivity index (χ2n) is 8.13. The Labute approximate surface area is 169 Å². The lowest BCUT2D eigenvalue weighted by atomic mass is 10.0. The third-order valence-electron chi connectivity index (χ3n) is 5.80. The molecule has 3 rings (SSSR count). The van der Waals surface area contributed by atoms with E-state index in [4.69, 9.17) is 0 Å². The molecule has 2 fully saturated rings. The number of nitrogens with one attached hydrogen (secondary N) is 1. The summed E-state index contributed by atoms with van der Waals surface area (Å²) < 4.78 is 27.1. The van der Waals surface area contributed by atoms with Crippen molar-refractivity contribution in [2.75, 3.05) is 32.7 Å². The molecule has 0 unspecified atom stereocenters. The monoisotopic (exact) mass is 407 g/mol. The van der Waals surface area contributed by atoms with Crippen molar-refractivity contribution in [2.24, 2.45) is 5.92 Å². The van der Waals surface area contributed by atoms with Crippen LogP contribution in [0, 0.1) is 5.92 Å². The third kappa shape index (κ3) is 5.33. The Morgan fingerprint density at radius 2 is 1.86 bits per heavy atom. The van der Waals surface area contributed by atoms with Crippen LogP contribution in [-0.4, -0.2) is 62.3 Å². The highest BCUT2D eigenvalue weighted by molar-refractivity contribution is 7.89. The van der Waals surface area contributed by atoms with Gasteiger partial charge in [-0.25, -0.2) is 8.42 Å². The number of sulfonamides is 1. The number of unbranched alkanes of at least 4 members (excludes halogenated alkanes) is 1. The number of benzene rings is 1. The van der Waals surface area contributed by atoms with Gasteiger partial charge in [0.05, 0.1) is 4.90 Å². The fraction of sp³-hybridized carbons (Fsp3) is 0.667. The maximum absolute atomic E-state index is 12.9. The van der Waals surface area contributed by atoms with Crippen molar-refractivity contribution >= 4 is 15.9 Å². The first kappa shape index (κ1) is 21.3. The standard InChI is InChI=1S/C21H33N3O3S/c1-18-9-7-15-23(17-18)14-6-5-13-22-21(25)20-12-8-16-24(20)28(26,27)19-10-3-2-4-11-19/h2-4,10-11,18,20H,5-9,12-17H2,1H3,(H,22,25)/t18-,20+/m0/s1. The molecule has 2 aliphatic heterocycles. The summed E-state index contributed by atoms with van der Waals surface area (Å²) in [7, 11) is -3.62. The molecule has 2 saturated heterocycles. The Morgan fingerprint density at radius 1 is 1.11 bits per heavy atom. The highest BCUT2D eigenvalue weighted by atomic mass is 32.2. The van der Waals surface area contributed by atoms with Crippen LogP contribution in [0.2, 0.25) is 0 Å². The van der Waals surface area contributed by atoms with Crippen LogP contribution in [0.3, 0.4) is 0 Å². The van der Waals surface area contributed by atoms with Crippen molar-refractivity contribution in [3.63, 3.8) is 0 Å². The van der Waals surface area contributed by atoms with Gasteiger partial charge in [0, 0.05) is 19.6 Å². The first-order valence-corrected chi connectivity index (χ1v) is 12.0. The van der Waals surface area contributed by atoms with Crippen molar-refractivity contribution in [1.82, 2.24) is 14.5 Å². The summed E-state index contributed by atoms with van der Waals surface area (Å²) in [6.45, 7) is 6.77. The molecule has 1 aromatic carbocycles. The van der Waals surface area contributed by atoms with Crippen LogP contribution in [0.15, 0.2) is 35.2 Å². The topological polar surface area (TPSA) is 69.7 Å². The fourth-order valence-corrected chi connectivity index (χ4v) is 5.97. The van der Waals surface area contributed by atoms with E-state index in [2.05, 4.69) is 17.1 Å². The second-order valence-corrected chi connectivity index (χ2v) is 10.0. The molecule has 0 aliphatic carbocycles. The lowest BCUT2D eigenvalue weighted by Crippen LogP contribution is -2.46. The Morgan fingerprint density at radius 3 is 2.61 bits per heavy atom. The summed E-state index contributed by atoms with van der Waals surface area (Å²) >= 11 is 0. The van der Waals surface area contributed by atoms with E-state index < -0.39 is 16.1 Å². The zero-order valence-electron chi connectivity index (χ0n) is 16.8. The zero-order valence-corrected chi connectivity index (χ0v) is 17.7. The third-order valence-corrected chi connectivity index (χ3v) is 7.72. The minimum atomic E-state index is -3.62. The second kappa shape index (κ2) is 9.85. The largest absolute Gasteiger partial charge is 0.355 e. The van der Waals surface area contributed by atoms with Gasteiger partial charge < -0.3 is 10.2 Å². The Kier molecular flexibility index (Phi) is 7.48. The summed E-state index contributed by atoms with van der Waals surface area (Å²) in [5.41, 5.74) is 0. The van der Waals surface area contributed by atoms with E-state index in [1.807, 2.05) is 0 Å². The van der Waals surface area contributed by atoms with Gasteiger partial charge in [0.1, 0.15) is 6.04 Å². The molecule has 7 heteroatoms. The molecule has 0 spiro atoms. The van der Waals surface area contributed by atoms with E-state index >= 15 is 0 Å². The number of nitrogens with zero attached hydrogens (tertiary/aromatic N) is 2. The number of carbonyl (C=O) groups is 1. The number of amides is 1. The molecule has 156 valence electrons. The van der Waals surface area contributed by atoms with Gasteiger partial charge in [0.2, 0.25) is 15.9 Å². The van der Waals surface area contributed by atoms with Crippen LogP contribution in [-0.2, 0) is 14.8 Å². The number of hydrogen-bond acceptors (Lipinski definition) is 4. The average molecular weight is 408 g/mol. The number of piperidine rings is 1. The minimum absolute atomic E-state index is 0.163. The van der Waals surface area contributed by atoms with E-state index in [1.54, 1.807) is 30.3 Å². The molecular formula is C21H33N3O3S. The van der Waals surface area contributed by atoms with Gasteiger partial charge in [-0.05, 0) is 69.7 Å². The molecule has 1 aromatic rings. The molecule has 28 heavy (non-hydrogen) atoms. The maximum Gasteiger partial charge on any atom is 0.243 e. The zero-order chi connectivity index (χ0) is 20.0. The first-order chi connectivity index (χ1) is 13.5. The quantitative estimate of drug-likeness (QED) is 0.672. The summed E-state index contributed by atoms with van der Waals surface area (Å²) in [6.07, 6.45) is 5.90. The van der Waals surface area contributed by atoms with Gasteiger partial charge in [-0.15, -0.1) is 0 Å². The van der Waals surface area contributed by atoms with E-state index in [9.17, 15) is 13.2 Å². The Bertz CT molecular complexity index is 739. The van der Waals surface area contributed by atoms with Crippen LogP contribution in [0.5, 0.6) is 0 Å². The van der Waals surface area contributed by atoms with Crippen molar-refractivity contribution in [1.29, 1.82) is 0 Å². The first-order valence-electron chi connectivity index (χ1n) is 10.6. The molecule has 0 bridgehead atoms. The van der Waals surface area contributed by atoms with Crippen LogP contribution >= 0.6 is 0 Å². The normalized spacial score (nSPS) is 24.3. The molecule has 0 radical (unpaired) electrons. The molecule has 1 amide bonds. The minimum Gasteiger partial charge on any atom is -0.355 e. The molecule has 6 nitrogen and oxygen atoms in total. The Balaban J connectivity index is 1.45. The van der Waals surface area contributed by atoms with Crippen molar-refractivity contribution in [3.05, 3.63) is 30.3 Å². The van der Waals surface area contributed by atoms with Crippen molar-refractivity contribution in [2.45, 2.75) is 56.4 Å². The Hall–Kier alpha value is -1.44. The summed E-state index contributed by atoms with van der Waals surface area (Å²) in [5, 5.41) is 2.96. The van der Waals surface area contributed by atoms with E-state index in [-0.39, 0.29) is 10.8 Å². The molecule has 0 saturated carbocycles. The van der Waals surface area contributed by atoms with Crippen LogP contribution in [0.4, 0.5) is 0 Å². The maximum atomic E-state index is 12.9. The highest BCUT2D eigenvalue weighted by Gasteiger charge is 2.39. The van der Waals surface area contributed by atoms with E-state index in [1.165, 1.54) is 30.2 Å². The molecule has 2 aliphatic rings. The van der Waals surface area contributed by atoms with Crippen LogP contribution in [0.25, 0.3) is 0 Å². The van der Waals surface area contributed by atoms with Gasteiger partial charge in [-0.2, -0.15) is 4.31 Å². The summed E-state index contributed by atoms with van der Waals surface area (Å²) in [5.74, 6) is 0.622. The highest BCUT2D eigenvalue weighted by Crippen LogP contribution is 2.26. The molecule has 2 heterocycles. The molecular weight excluding hydrogens is 374 g/mol. The lowest BCUT2D eigenvalue weighted by molar-refractivity contribution is -0.124. The molecule has 0 aromatic heterocycles. The van der Waals surface area contributed by atoms with Gasteiger partial charge in [0.25, 0.3) is 0 Å². The van der Waals surface area contributed by atoms with Crippen molar-refractivity contribution < 1.29 is 13.2 Å². The lowest BCUT2D eigenvalue weighted by Gasteiger charge is -2.30. The summed E-state index contributed by atoms with van der Waals surface area (Å²) in [4.78, 5) is 15.4. The average Bonchev–Trinajstić information content (AvgIpc) is 3.19. The molecule has 2 atom stereocenters. The number of rotatable bonds is 8. The smallest absolute Gasteiger partial charge is 0.243 e. The number of carbonyl (C=O) groups excluding carboxylic acids is 1. The van der Waals surface area contributed by atoms with Crippen molar-refractivity contribution in [3.8, 4) is 0 Å². The van der Waals surface area contributed by atoms with Gasteiger partial charge in [0.15, 0.2) is 0 Å². The van der Waals surface area contributed by atoms with E-state index in [0.29, 0.717) is 19.5 Å². The van der Waals surface area contributed by atoms with Crippen LogP contribution in [0.1, 0.15) is 45.4 Å². The number of likely N-dealkylation sites (tertiary alicyclic amines) is 1. The van der Waals surface area contributed by atoms with Crippen LogP contribution < -0.4 is 5.32 Å². The molecule has 1 N–H and O–H groups in total. The fourth-order valence-electron chi connectivity index (χ4n) is 4.30. The predicted molar refractivity (Wildman–Crippen MR) is 110 cm³/mol. The van der Waals surface area contributed by atoms with Gasteiger partial charge >= 0.3 is 0 Å². The SMILES string of the molecule is C[C@H]1CCCN(CCCCNC(=O)[C@H]2CCCN2S(=O)(=O)c2ccccc2)C1. The van der Waals surface area contributed by atoms with Gasteiger partial charge in [-0.3, -0.25) is 4.79 Å². The van der Waals surface area contributed by atoms with E-state index in [0.717, 1.165) is 31.7 Å². The summed E-state index contributed by atoms with van der Waals surface area (Å²) in [6, 6.07) is 7.79. The van der Waals surface area contributed by atoms with Gasteiger partial charge in [-0.1, -0.05) is 25.1 Å². The predicted octanol–water partition coefficient (Wildman–Crippen LogP) is 2.47.